The normalized spacial score (nSPS) is 18.7. The Balaban J connectivity index is 1.96. The summed E-state index contributed by atoms with van der Waals surface area (Å²) in [5, 5.41) is 10.5. The molecule has 1 heterocycles. The van der Waals surface area contributed by atoms with E-state index in [1.165, 1.54) is 0 Å². The summed E-state index contributed by atoms with van der Waals surface area (Å²) in [4.78, 5) is 4.85. The summed E-state index contributed by atoms with van der Waals surface area (Å²) in [5.74, 6) is 0.297. The van der Waals surface area contributed by atoms with Gasteiger partial charge in [-0.25, -0.2) is 0 Å². The van der Waals surface area contributed by atoms with E-state index in [-0.39, 0.29) is 5.54 Å². The highest BCUT2D eigenvalue weighted by Gasteiger charge is 2.26. The molecule has 1 aliphatic rings. The molecule has 2 rings (SSSR count). The van der Waals surface area contributed by atoms with Gasteiger partial charge in [0.2, 0.25) is 0 Å². The quantitative estimate of drug-likeness (QED) is 0.903. The van der Waals surface area contributed by atoms with Crippen LogP contribution in [0, 0.1) is 0 Å². The first-order chi connectivity index (χ1) is 8.88. The van der Waals surface area contributed by atoms with Crippen molar-refractivity contribution in [1.29, 1.82) is 0 Å². The molecule has 106 valence electrons. The van der Waals surface area contributed by atoms with Crippen LogP contribution in [0.25, 0.3) is 0 Å². The Morgan fingerprint density at radius 3 is 2.32 bits per heavy atom. The summed E-state index contributed by atoms with van der Waals surface area (Å²) in [5.41, 5.74) is 1.08. The van der Waals surface area contributed by atoms with Crippen LogP contribution in [0.3, 0.4) is 0 Å². The fourth-order valence-electron chi connectivity index (χ4n) is 2.50. The molecule has 0 amide bonds. The van der Waals surface area contributed by atoms with Gasteiger partial charge >= 0.3 is 0 Å². The summed E-state index contributed by atoms with van der Waals surface area (Å²) in [6.07, 6.45) is 0. The van der Waals surface area contributed by atoms with Crippen molar-refractivity contribution in [2.24, 2.45) is 0 Å². The zero-order valence-electron chi connectivity index (χ0n) is 12.0. The van der Waals surface area contributed by atoms with E-state index >= 15 is 0 Å². The van der Waals surface area contributed by atoms with Gasteiger partial charge in [0, 0.05) is 48.8 Å². The SMILES string of the molecule is CC(C)(C)N1CCN(Cc2c(O)cccc2Cl)CC1. The lowest BCUT2D eigenvalue weighted by atomic mass is 10.0. The Bertz CT molecular complexity index is 414. The van der Waals surface area contributed by atoms with Crippen LogP contribution in [0.15, 0.2) is 18.2 Å². The minimum atomic E-state index is 0.235. The molecule has 0 atom stereocenters. The molecule has 0 bridgehead atoms. The number of rotatable bonds is 2. The van der Waals surface area contributed by atoms with Crippen LogP contribution in [-0.2, 0) is 6.54 Å². The number of phenols is 1. The molecule has 1 aromatic carbocycles. The summed E-state index contributed by atoms with van der Waals surface area (Å²) in [6.45, 7) is 11.6. The van der Waals surface area contributed by atoms with Crippen molar-refractivity contribution in [2.45, 2.75) is 32.9 Å². The average Bonchev–Trinajstić information content (AvgIpc) is 2.33. The van der Waals surface area contributed by atoms with E-state index in [1.54, 1.807) is 12.1 Å². The average molecular weight is 283 g/mol. The Kier molecular flexibility index (Phi) is 4.39. The molecule has 0 saturated carbocycles. The molecule has 1 aromatic rings. The van der Waals surface area contributed by atoms with Crippen LogP contribution in [0.2, 0.25) is 5.02 Å². The van der Waals surface area contributed by atoms with Crippen molar-refractivity contribution >= 4 is 11.6 Å². The molecule has 1 N–H and O–H groups in total. The molecule has 0 spiro atoms. The highest BCUT2D eigenvalue weighted by Crippen LogP contribution is 2.27. The van der Waals surface area contributed by atoms with Gasteiger partial charge in [0.1, 0.15) is 5.75 Å². The Morgan fingerprint density at radius 1 is 1.16 bits per heavy atom. The fourth-order valence-corrected chi connectivity index (χ4v) is 2.73. The van der Waals surface area contributed by atoms with E-state index in [1.807, 2.05) is 6.07 Å². The van der Waals surface area contributed by atoms with Gasteiger partial charge in [0.05, 0.1) is 0 Å². The molecule has 4 heteroatoms. The minimum absolute atomic E-state index is 0.235. The maximum absolute atomic E-state index is 9.88. The second-order valence-corrected chi connectivity index (χ2v) is 6.58. The predicted octanol–water partition coefficient (Wildman–Crippen LogP) is 2.96. The van der Waals surface area contributed by atoms with Crippen molar-refractivity contribution in [3.8, 4) is 5.75 Å². The molecular weight excluding hydrogens is 260 g/mol. The smallest absolute Gasteiger partial charge is 0.121 e. The fraction of sp³-hybridized carbons (Fsp3) is 0.600. The lowest BCUT2D eigenvalue weighted by molar-refractivity contribution is 0.0588. The molecule has 1 fully saturated rings. The number of hydrogen-bond acceptors (Lipinski definition) is 3. The highest BCUT2D eigenvalue weighted by atomic mass is 35.5. The molecule has 1 saturated heterocycles. The Labute approximate surface area is 120 Å². The van der Waals surface area contributed by atoms with E-state index in [9.17, 15) is 5.11 Å². The number of benzene rings is 1. The summed E-state index contributed by atoms with van der Waals surface area (Å²) in [6, 6.07) is 5.31. The topological polar surface area (TPSA) is 26.7 Å². The number of phenolic OH excluding ortho intramolecular Hbond substituents is 1. The summed E-state index contributed by atoms with van der Waals surface area (Å²) >= 11 is 6.15. The third-order valence-corrected chi connectivity index (χ3v) is 4.15. The molecule has 19 heavy (non-hydrogen) atoms. The van der Waals surface area contributed by atoms with Crippen LogP contribution in [0.5, 0.6) is 5.75 Å². The number of nitrogens with zero attached hydrogens (tertiary/aromatic N) is 2. The maximum atomic E-state index is 9.88. The molecule has 1 aliphatic heterocycles. The van der Waals surface area contributed by atoms with Gasteiger partial charge in [0.15, 0.2) is 0 Å². The van der Waals surface area contributed by atoms with Crippen LogP contribution in [0.4, 0.5) is 0 Å². The lowest BCUT2D eigenvalue weighted by Crippen LogP contribution is -2.53. The monoisotopic (exact) mass is 282 g/mol. The third kappa shape index (κ3) is 3.62. The first-order valence-corrected chi connectivity index (χ1v) is 7.19. The van der Waals surface area contributed by atoms with Crippen molar-refractivity contribution < 1.29 is 5.11 Å². The minimum Gasteiger partial charge on any atom is -0.508 e. The summed E-state index contributed by atoms with van der Waals surface area (Å²) in [7, 11) is 0. The molecule has 3 nitrogen and oxygen atoms in total. The van der Waals surface area contributed by atoms with Gasteiger partial charge in [-0.3, -0.25) is 9.80 Å². The van der Waals surface area contributed by atoms with Gasteiger partial charge in [-0.15, -0.1) is 0 Å². The van der Waals surface area contributed by atoms with Crippen molar-refractivity contribution in [3.63, 3.8) is 0 Å². The van der Waals surface area contributed by atoms with Gasteiger partial charge in [-0.1, -0.05) is 17.7 Å². The number of halogens is 1. The maximum Gasteiger partial charge on any atom is 0.121 e. The van der Waals surface area contributed by atoms with Gasteiger partial charge in [-0.05, 0) is 32.9 Å². The van der Waals surface area contributed by atoms with E-state index in [4.69, 9.17) is 11.6 Å². The van der Waals surface area contributed by atoms with Gasteiger partial charge in [0.25, 0.3) is 0 Å². The number of hydrogen-bond donors (Lipinski definition) is 1. The van der Waals surface area contributed by atoms with Crippen molar-refractivity contribution in [3.05, 3.63) is 28.8 Å². The lowest BCUT2D eigenvalue weighted by Gasteiger charge is -2.42. The number of piperazine rings is 1. The van der Waals surface area contributed by atoms with Crippen molar-refractivity contribution in [1.82, 2.24) is 9.80 Å². The Hall–Kier alpha value is -0.770. The van der Waals surface area contributed by atoms with Crippen LogP contribution < -0.4 is 0 Å². The van der Waals surface area contributed by atoms with Crippen LogP contribution in [0.1, 0.15) is 26.3 Å². The largest absolute Gasteiger partial charge is 0.508 e. The first kappa shape index (κ1) is 14.6. The number of aromatic hydroxyl groups is 1. The second kappa shape index (κ2) is 5.70. The third-order valence-electron chi connectivity index (χ3n) is 3.80. The molecule has 0 radical (unpaired) electrons. The standard InChI is InChI=1S/C15H23ClN2O/c1-15(2,3)18-9-7-17(8-10-18)11-12-13(16)5-4-6-14(12)19/h4-6,19H,7-11H2,1-3H3. The van der Waals surface area contributed by atoms with E-state index in [0.717, 1.165) is 38.3 Å². The molecule has 0 aliphatic carbocycles. The second-order valence-electron chi connectivity index (χ2n) is 6.17. The molecule has 0 unspecified atom stereocenters. The van der Waals surface area contributed by atoms with E-state index in [0.29, 0.717) is 10.8 Å². The zero-order valence-corrected chi connectivity index (χ0v) is 12.7. The predicted molar refractivity (Wildman–Crippen MR) is 79.7 cm³/mol. The van der Waals surface area contributed by atoms with Crippen molar-refractivity contribution in [2.75, 3.05) is 26.2 Å². The summed E-state index contributed by atoms with van der Waals surface area (Å²) < 4.78 is 0. The van der Waals surface area contributed by atoms with Crippen LogP contribution in [-0.4, -0.2) is 46.6 Å². The zero-order chi connectivity index (χ0) is 14.0. The molecule has 0 aromatic heterocycles. The first-order valence-electron chi connectivity index (χ1n) is 6.81. The van der Waals surface area contributed by atoms with E-state index in [2.05, 4.69) is 30.6 Å². The van der Waals surface area contributed by atoms with Crippen LogP contribution >= 0.6 is 11.6 Å². The Morgan fingerprint density at radius 2 is 1.79 bits per heavy atom. The van der Waals surface area contributed by atoms with Gasteiger partial charge in [-0.2, -0.15) is 0 Å². The van der Waals surface area contributed by atoms with Gasteiger partial charge < -0.3 is 5.11 Å². The molecular formula is C15H23ClN2O. The van der Waals surface area contributed by atoms with E-state index < -0.39 is 0 Å². The highest BCUT2D eigenvalue weighted by molar-refractivity contribution is 6.31.